The molecule has 27 heavy (non-hydrogen) atoms. The van der Waals surface area contributed by atoms with Crippen LogP contribution >= 0.6 is 11.3 Å². The Morgan fingerprint density at radius 3 is 3.07 bits per heavy atom. The van der Waals surface area contributed by atoms with Gasteiger partial charge in [-0.05, 0) is 61.5 Å². The molecule has 0 unspecified atom stereocenters. The van der Waals surface area contributed by atoms with Crippen LogP contribution in [-0.4, -0.2) is 45.9 Å². The van der Waals surface area contributed by atoms with E-state index >= 15 is 0 Å². The predicted molar refractivity (Wildman–Crippen MR) is 108 cm³/mol. The summed E-state index contributed by atoms with van der Waals surface area (Å²) >= 11 is 1.60. The molecule has 1 fully saturated rings. The predicted octanol–water partition coefficient (Wildman–Crippen LogP) is 3.77. The number of aryl methyl sites for hydroxylation is 1. The second-order valence-corrected chi connectivity index (χ2v) is 7.88. The first kappa shape index (κ1) is 17.7. The fourth-order valence-corrected chi connectivity index (χ4v) is 4.46. The van der Waals surface area contributed by atoms with Gasteiger partial charge in [-0.25, -0.2) is 0 Å². The maximum Gasteiger partial charge on any atom is 0.149 e. The van der Waals surface area contributed by atoms with Gasteiger partial charge in [0.1, 0.15) is 11.6 Å². The van der Waals surface area contributed by atoms with Gasteiger partial charge < -0.3 is 10.4 Å². The van der Waals surface area contributed by atoms with Gasteiger partial charge >= 0.3 is 0 Å². The monoisotopic (exact) mass is 379 g/mol. The number of nitrogens with zero attached hydrogens (tertiary/aromatic N) is 4. The number of nitrogens with one attached hydrogen (secondary N) is 1. The Balaban J connectivity index is 1.55. The highest BCUT2D eigenvalue weighted by Crippen LogP contribution is 2.38. The highest BCUT2D eigenvalue weighted by Gasteiger charge is 2.20. The van der Waals surface area contributed by atoms with Crippen LogP contribution in [0.15, 0.2) is 29.6 Å². The molecule has 0 saturated carbocycles. The Morgan fingerprint density at radius 1 is 1.37 bits per heavy atom. The molecule has 0 bridgehead atoms. The number of thiophene rings is 1. The van der Waals surface area contributed by atoms with Crippen LogP contribution in [0.3, 0.4) is 0 Å². The lowest BCUT2D eigenvalue weighted by Gasteiger charge is -2.31. The third-order valence-electron chi connectivity index (χ3n) is 5.00. The van der Waals surface area contributed by atoms with E-state index < -0.39 is 0 Å². The number of aromatic hydroxyl groups is 1. The first-order valence-electron chi connectivity index (χ1n) is 9.05. The van der Waals surface area contributed by atoms with E-state index in [1.165, 1.54) is 0 Å². The standard InChI is InChI=1S/C20H21N5OS/c1-13-11-18(22-14-3-2-8-25(12-14)9-7-21)23-24-19(13)16-4-5-17-15(20(16)26)6-10-27-17/h4-6,10-11,14,26H,2-3,8-9,12H2,1H3,(H,22,23)/t14-/m1/s1. The van der Waals surface area contributed by atoms with E-state index in [0.29, 0.717) is 17.8 Å². The van der Waals surface area contributed by atoms with Crippen molar-refractivity contribution in [2.24, 2.45) is 0 Å². The number of hydrogen-bond acceptors (Lipinski definition) is 7. The van der Waals surface area contributed by atoms with Gasteiger partial charge in [0.05, 0.1) is 18.3 Å². The molecule has 0 radical (unpaired) electrons. The van der Waals surface area contributed by atoms with Gasteiger partial charge in [0.15, 0.2) is 0 Å². The summed E-state index contributed by atoms with van der Waals surface area (Å²) in [7, 11) is 0. The number of hydrogen-bond donors (Lipinski definition) is 2. The van der Waals surface area contributed by atoms with Crippen molar-refractivity contribution in [2.75, 3.05) is 25.0 Å². The molecule has 0 spiro atoms. The SMILES string of the molecule is Cc1cc(N[C@@H]2CCCN(CC#N)C2)nnc1-c1ccc2sccc2c1O. The summed E-state index contributed by atoms with van der Waals surface area (Å²) in [6.07, 6.45) is 2.12. The van der Waals surface area contributed by atoms with Gasteiger partial charge in [-0.15, -0.1) is 21.5 Å². The fourth-order valence-electron chi connectivity index (χ4n) is 3.67. The first-order chi connectivity index (χ1) is 13.2. The van der Waals surface area contributed by atoms with Crippen molar-refractivity contribution in [3.05, 3.63) is 35.2 Å². The van der Waals surface area contributed by atoms with E-state index in [2.05, 4.69) is 26.5 Å². The molecular weight excluding hydrogens is 358 g/mol. The average molecular weight is 379 g/mol. The minimum absolute atomic E-state index is 0.256. The summed E-state index contributed by atoms with van der Waals surface area (Å²) in [4.78, 5) is 2.16. The highest BCUT2D eigenvalue weighted by atomic mass is 32.1. The summed E-state index contributed by atoms with van der Waals surface area (Å²) in [5, 5.41) is 34.5. The molecule has 3 aromatic rings. The van der Waals surface area contributed by atoms with Crippen molar-refractivity contribution in [1.29, 1.82) is 5.26 Å². The number of likely N-dealkylation sites (tertiary alicyclic amines) is 1. The molecule has 1 atom stereocenters. The van der Waals surface area contributed by atoms with E-state index in [1.54, 1.807) is 11.3 Å². The molecule has 0 aliphatic carbocycles. The zero-order chi connectivity index (χ0) is 18.8. The molecule has 1 aromatic carbocycles. The summed E-state index contributed by atoms with van der Waals surface area (Å²) in [6, 6.07) is 10.3. The Labute approximate surface area is 162 Å². The van der Waals surface area contributed by atoms with Crippen LogP contribution in [0.25, 0.3) is 21.3 Å². The molecule has 1 aliphatic heterocycles. The quantitative estimate of drug-likeness (QED) is 0.671. The van der Waals surface area contributed by atoms with Gasteiger partial charge in [-0.1, -0.05) is 0 Å². The van der Waals surface area contributed by atoms with Crippen molar-refractivity contribution >= 4 is 27.2 Å². The zero-order valence-corrected chi connectivity index (χ0v) is 16.0. The number of benzene rings is 1. The second kappa shape index (κ2) is 7.51. The molecule has 0 amide bonds. The molecule has 7 heteroatoms. The van der Waals surface area contributed by atoms with Crippen molar-refractivity contribution < 1.29 is 5.11 Å². The average Bonchev–Trinajstić information content (AvgIpc) is 3.13. The van der Waals surface area contributed by atoms with Gasteiger partial charge in [-0.3, -0.25) is 4.90 Å². The van der Waals surface area contributed by atoms with Gasteiger partial charge in [-0.2, -0.15) is 5.26 Å². The smallest absolute Gasteiger partial charge is 0.149 e. The molecule has 3 heterocycles. The Morgan fingerprint density at radius 2 is 2.26 bits per heavy atom. The van der Waals surface area contributed by atoms with Crippen LogP contribution in [-0.2, 0) is 0 Å². The van der Waals surface area contributed by atoms with Crippen LogP contribution in [0, 0.1) is 18.3 Å². The Hall–Kier alpha value is -2.69. The van der Waals surface area contributed by atoms with Gasteiger partial charge in [0, 0.05) is 28.2 Å². The van der Waals surface area contributed by atoms with E-state index in [9.17, 15) is 5.11 Å². The van der Waals surface area contributed by atoms with Crippen molar-refractivity contribution in [3.8, 4) is 23.1 Å². The highest BCUT2D eigenvalue weighted by molar-refractivity contribution is 7.17. The molecule has 1 aliphatic rings. The molecule has 2 N–H and O–H groups in total. The molecule has 6 nitrogen and oxygen atoms in total. The zero-order valence-electron chi connectivity index (χ0n) is 15.1. The maximum atomic E-state index is 10.6. The molecule has 2 aromatic heterocycles. The summed E-state index contributed by atoms with van der Waals surface area (Å²) < 4.78 is 1.05. The summed E-state index contributed by atoms with van der Waals surface area (Å²) in [6.45, 7) is 4.26. The lowest BCUT2D eigenvalue weighted by atomic mass is 10.0. The normalized spacial score (nSPS) is 17.7. The van der Waals surface area contributed by atoms with Crippen LogP contribution < -0.4 is 5.32 Å². The number of fused-ring (bicyclic) bond motifs is 1. The summed E-state index contributed by atoms with van der Waals surface area (Å²) in [5.41, 5.74) is 2.36. The van der Waals surface area contributed by atoms with Crippen molar-refractivity contribution in [1.82, 2.24) is 15.1 Å². The molecular formula is C20H21N5OS. The third kappa shape index (κ3) is 3.59. The minimum atomic E-state index is 0.256. The number of aromatic nitrogens is 2. The molecule has 1 saturated heterocycles. The number of phenolic OH excluding ortho intramolecular Hbond substituents is 1. The Bertz CT molecular complexity index is 1010. The van der Waals surface area contributed by atoms with Crippen LogP contribution in [0.1, 0.15) is 18.4 Å². The van der Waals surface area contributed by atoms with E-state index in [0.717, 1.165) is 47.4 Å². The van der Waals surface area contributed by atoms with E-state index in [-0.39, 0.29) is 11.8 Å². The fraction of sp³-hybridized carbons (Fsp3) is 0.350. The maximum absolute atomic E-state index is 10.6. The molecule has 4 rings (SSSR count). The van der Waals surface area contributed by atoms with Crippen molar-refractivity contribution in [2.45, 2.75) is 25.8 Å². The van der Waals surface area contributed by atoms with Crippen LogP contribution in [0.2, 0.25) is 0 Å². The minimum Gasteiger partial charge on any atom is -0.507 e. The summed E-state index contributed by atoms with van der Waals surface area (Å²) in [5.74, 6) is 0.988. The van der Waals surface area contributed by atoms with Gasteiger partial charge in [0.2, 0.25) is 0 Å². The van der Waals surface area contributed by atoms with E-state index in [1.807, 2.05) is 36.6 Å². The number of piperidine rings is 1. The number of rotatable bonds is 4. The lowest BCUT2D eigenvalue weighted by Crippen LogP contribution is -2.42. The lowest BCUT2D eigenvalue weighted by molar-refractivity contribution is 0.239. The number of phenols is 1. The van der Waals surface area contributed by atoms with E-state index in [4.69, 9.17) is 5.26 Å². The number of anilines is 1. The largest absolute Gasteiger partial charge is 0.507 e. The van der Waals surface area contributed by atoms with Crippen LogP contribution in [0.4, 0.5) is 5.82 Å². The first-order valence-corrected chi connectivity index (χ1v) is 9.93. The molecule has 138 valence electrons. The number of nitriles is 1. The van der Waals surface area contributed by atoms with Crippen molar-refractivity contribution in [3.63, 3.8) is 0 Å². The van der Waals surface area contributed by atoms with Gasteiger partial charge in [0.25, 0.3) is 0 Å². The third-order valence-corrected chi connectivity index (χ3v) is 5.88. The Kier molecular flexibility index (Phi) is 4.92. The second-order valence-electron chi connectivity index (χ2n) is 6.93. The topological polar surface area (TPSA) is 85.1 Å². The van der Waals surface area contributed by atoms with Crippen LogP contribution in [0.5, 0.6) is 5.75 Å².